The highest BCUT2D eigenvalue weighted by Gasteiger charge is 2.34. The first-order valence-corrected chi connectivity index (χ1v) is 7.64. The minimum Gasteiger partial charge on any atom is -0.507 e. The first-order chi connectivity index (χ1) is 10.7. The van der Waals surface area contributed by atoms with Gasteiger partial charge in [-0.3, -0.25) is 0 Å². The third-order valence-electron chi connectivity index (χ3n) is 4.49. The summed E-state index contributed by atoms with van der Waals surface area (Å²) in [6.45, 7) is 5.06. The molecular weight excluding hydrogens is 278 g/mol. The molecule has 2 aliphatic heterocycles. The van der Waals surface area contributed by atoms with Crippen molar-refractivity contribution in [3.05, 3.63) is 30.3 Å². The van der Waals surface area contributed by atoms with Gasteiger partial charge in [-0.15, -0.1) is 10.2 Å². The molecule has 0 spiro atoms. The summed E-state index contributed by atoms with van der Waals surface area (Å²) in [7, 11) is 0. The van der Waals surface area contributed by atoms with E-state index in [0.29, 0.717) is 23.3 Å². The summed E-state index contributed by atoms with van der Waals surface area (Å²) in [5, 5.41) is 25.5. The number of para-hydroxylation sites is 1. The average molecular weight is 297 g/mol. The number of nitrogens with one attached hydrogen (secondary N) is 2. The number of rotatable bonds is 1. The van der Waals surface area contributed by atoms with Crippen molar-refractivity contribution >= 4 is 11.5 Å². The van der Waals surface area contributed by atoms with Crippen molar-refractivity contribution in [2.24, 2.45) is 0 Å². The Labute approximate surface area is 129 Å². The van der Waals surface area contributed by atoms with E-state index in [-0.39, 0.29) is 5.75 Å². The number of aromatic hydroxyl groups is 1. The first kappa shape index (κ1) is 13.3. The minimum atomic E-state index is 0.228. The van der Waals surface area contributed by atoms with Crippen LogP contribution in [-0.2, 0) is 0 Å². The maximum absolute atomic E-state index is 10.0. The zero-order valence-corrected chi connectivity index (χ0v) is 12.5. The molecule has 4 rings (SSSR count). The molecule has 1 fully saturated rings. The van der Waals surface area contributed by atoms with Crippen LogP contribution in [0.1, 0.15) is 6.92 Å². The topological polar surface area (TPSA) is 73.3 Å². The van der Waals surface area contributed by atoms with Crippen LogP contribution < -0.4 is 15.5 Å². The van der Waals surface area contributed by atoms with E-state index in [1.54, 1.807) is 12.1 Å². The van der Waals surface area contributed by atoms with Gasteiger partial charge in [0.2, 0.25) is 0 Å². The predicted octanol–water partition coefficient (Wildman–Crippen LogP) is 1.44. The van der Waals surface area contributed by atoms with E-state index in [9.17, 15) is 5.11 Å². The second-order valence-electron chi connectivity index (χ2n) is 5.88. The molecule has 2 aliphatic rings. The Balaban J connectivity index is 1.79. The molecule has 1 saturated heterocycles. The summed E-state index contributed by atoms with van der Waals surface area (Å²) < 4.78 is 0. The number of fused-ring (bicyclic) bond motifs is 3. The zero-order chi connectivity index (χ0) is 15.1. The van der Waals surface area contributed by atoms with Gasteiger partial charge in [0.25, 0.3) is 0 Å². The van der Waals surface area contributed by atoms with Crippen LogP contribution in [-0.4, -0.2) is 47.0 Å². The van der Waals surface area contributed by atoms with Crippen LogP contribution in [0.3, 0.4) is 0 Å². The van der Waals surface area contributed by atoms with Crippen LogP contribution in [0.4, 0.5) is 11.5 Å². The molecule has 0 aliphatic carbocycles. The summed E-state index contributed by atoms with van der Waals surface area (Å²) in [6, 6.07) is 9.98. The Morgan fingerprint density at radius 3 is 3.00 bits per heavy atom. The number of phenolic OH excluding ortho intramolecular Hbond substituents is 1. The van der Waals surface area contributed by atoms with E-state index in [1.807, 2.05) is 18.2 Å². The maximum Gasteiger partial charge on any atom is 0.172 e. The Morgan fingerprint density at radius 2 is 2.14 bits per heavy atom. The van der Waals surface area contributed by atoms with Crippen LogP contribution in [0.25, 0.3) is 11.3 Å². The lowest BCUT2D eigenvalue weighted by Crippen LogP contribution is -2.60. The van der Waals surface area contributed by atoms with E-state index < -0.39 is 0 Å². The predicted molar refractivity (Wildman–Crippen MR) is 86.2 cm³/mol. The third-order valence-corrected chi connectivity index (χ3v) is 4.49. The van der Waals surface area contributed by atoms with Crippen molar-refractivity contribution < 1.29 is 5.11 Å². The van der Waals surface area contributed by atoms with Gasteiger partial charge in [0.1, 0.15) is 5.75 Å². The summed E-state index contributed by atoms with van der Waals surface area (Å²) in [5.74, 6) is 1.05. The van der Waals surface area contributed by atoms with Crippen molar-refractivity contribution in [1.29, 1.82) is 0 Å². The fourth-order valence-electron chi connectivity index (χ4n) is 3.31. The van der Waals surface area contributed by atoms with Gasteiger partial charge in [0, 0.05) is 31.2 Å². The molecule has 2 atom stereocenters. The molecule has 0 unspecified atom stereocenters. The summed E-state index contributed by atoms with van der Waals surface area (Å²) in [6.07, 6.45) is 0. The Bertz CT molecular complexity index is 705. The molecule has 0 saturated carbocycles. The summed E-state index contributed by atoms with van der Waals surface area (Å²) >= 11 is 0. The monoisotopic (exact) mass is 297 g/mol. The number of phenols is 1. The van der Waals surface area contributed by atoms with Crippen LogP contribution in [0.15, 0.2) is 30.3 Å². The highest BCUT2D eigenvalue weighted by Crippen LogP contribution is 2.36. The SMILES string of the molecule is C[C@H]1Nc2nnc(-c3ccccc3O)cc2N2CCNC[C@H]12. The average Bonchev–Trinajstić information content (AvgIpc) is 2.56. The normalized spacial score (nSPS) is 23.4. The second kappa shape index (κ2) is 5.14. The molecule has 6 nitrogen and oxygen atoms in total. The van der Waals surface area contributed by atoms with Crippen molar-refractivity contribution in [3.8, 4) is 17.0 Å². The highest BCUT2D eigenvalue weighted by molar-refractivity contribution is 5.76. The van der Waals surface area contributed by atoms with Crippen molar-refractivity contribution in [3.63, 3.8) is 0 Å². The fraction of sp³-hybridized carbons (Fsp3) is 0.375. The van der Waals surface area contributed by atoms with E-state index in [2.05, 4.69) is 32.7 Å². The van der Waals surface area contributed by atoms with Gasteiger partial charge in [-0.2, -0.15) is 0 Å². The number of hydrogen-bond acceptors (Lipinski definition) is 6. The van der Waals surface area contributed by atoms with E-state index in [0.717, 1.165) is 31.1 Å². The standard InChI is InChI=1S/C16H19N5O/c1-10-14-9-17-6-7-21(14)13-8-12(19-20-16(13)18-10)11-4-2-3-5-15(11)22/h2-5,8,10,14,17,22H,6-7,9H2,1H3,(H,18,20)/t10-,14-/m1/s1. The quantitative estimate of drug-likeness (QED) is 0.740. The first-order valence-electron chi connectivity index (χ1n) is 7.64. The molecule has 3 heterocycles. The number of aromatic nitrogens is 2. The number of benzene rings is 1. The van der Waals surface area contributed by atoms with E-state index in [4.69, 9.17) is 0 Å². The summed E-state index contributed by atoms with van der Waals surface area (Å²) in [5.41, 5.74) is 2.48. The zero-order valence-electron chi connectivity index (χ0n) is 12.5. The Hall–Kier alpha value is -2.34. The molecule has 3 N–H and O–H groups in total. The van der Waals surface area contributed by atoms with Gasteiger partial charge in [0.05, 0.1) is 17.4 Å². The van der Waals surface area contributed by atoms with Crippen molar-refractivity contribution in [1.82, 2.24) is 15.5 Å². The maximum atomic E-state index is 10.0. The Kier molecular flexibility index (Phi) is 3.11. The van der Waals surface area contributed by atoms with Gasteiger partial charge in [-0.1, -0.05) is 12.1 Å². The van der Waals surface area contributed by atoms with E-state index >= 15 is 0 Å². The molecule has 1 aromatic carbocycles. The van der Waals surface area contributed by atoms with Gasteiger partial charge in [-0.25, -0.2) is 0 Å². The summed E-state index contributed by atoms with van der Waals surface area (Å²) in [4.78, 5) is 2.39. The molecular formula is C16H19N5O. The van der Waals surface area contributed by atoms with Gasteiger partial charge in [0.15, 0.2) is 5.82 Å². The minimum absolute atomic E-state index is 0.228. The largest absolute Gasteiger partial charge is 0.507 e. The van der Waals surface area contributed by atoms with Crippen LogP contribution in [0.2, 0.25) is 0 Å². The number of nitrogens with zero attached hydrogens (tertiary/aromatic N) is 3. The lowest BCUT2D eigenvalue weighted by atomic mass is 10.0. The van der Waals surface area contributed by atoms with Gasteiger partial charge in [-0.05, 0) is 25.1 Å². The second-order valence-corrected chi connectivity index (χ2v) is 5.88. The fourth-order valence-corrected chi connectivity index (χ4v) is 3.31. The van der Waals surface area contributed by atoms with Crippen molar-refractivity contribution in [2.75, 3.05) is 29.9 Å². The van der Waals surface area contributed by atoms with Crippen molar-refractivity contribution in [2.45, 2.75) is 19.0 Å². The van der Waals surface area contributed by atoms with Crippen LogP contribution in [0, 0.1) is 0 Å². The molecule has 6 heteroatoms. The Morgan fingerprint density at radius 1 is 1.27 bits per heavy atom. The molecule has 22 heavy (non-hydrogen) atoms. The van der Waals surface area contributed by atoms with Crippen LogP contribution >= 0.6 is 0 Å². The molecule has 0 bridgehead atoms. The molecule has 114 valence electrons. The molecule has 1 aromatic heterocycles. The van der Waals surface area contributed by atoms with E-state index in [1.165, 1.54) is 0 Å². The third kappa shape index (κ3) is 2.07. The van der Waals surface area contributed by atoms with Gasteiger partial charge < -0.3 is 20.6 Å². The van der Waals surface area contributed by atoms with Gasteiger partial charge >= 0.3 is 0 Å². The number of piperazine rings is 1. The highest BCUT2D eigenvalue weighted by atomic mass is 16.3. The smallest absolute Gasteiger partial charge is 0.172 e. The lowest BCUT2D eigenvalue weighted by Gasteiger charge is -2.45. The number of hydrogen-bond donors (Lipinski definition) is 3. The lowest BCUT2D eigenvalue weighted by molar-refractivity contribution is 0.432. The number of anilines is 2. The van der Waals surface area contributed by atoms with Crippen LogP contribution in [0.5, 0.6) is 5.75 Å². The molecule has 2 aromatic rings. The molecule has 0 amide bonds. The molecule has 0 radical (unpaired) electrons.